The molecule has 0 N–H and O–H groups in total. The Bertz CT molecular complexity index is 1250. The molecule has 0 amide bonds. The summed E-state index contributed by atoms with van der Waals surface area (Å²) in [5, 5.41) is 1.72. The molecule has 2 aliphatic carbocycles. The summed E-state index contributed by atoms with van der Waals surface area (Å²) >= 11 is 1.74. The van der Waals surface area contributed by atoms with E-state index < -0.39 is 0 Å². The molecule has 5 rings (SSSR count). The first-order valence-corrected chi connectivity index (χ1v) is 12.8. The standard InChI is InChI=1S/C19H20OS.C10H16O/c1-11(2)13-9-15(12(3)4)19-16(10-13)18(20)14-7-5-6-8-17(14)21-19;1-9(2)7-4-5-10(9,3)8(11)6-7/h5-12H,1-4H3;7H,4-6H2,1-3H3. The fourth-order valence-electron chi connectivity index (χ4n) is 5.62. The lowest BCUT2D eigenvalue weighted by atomic mass is 9.70. The van der Waals surface area contributed by atoms with E-state index in [0.717, 1.165) is 33.0 Å². The van der Waals surface area contributed by atoms with Crippen molar-refractivity contribution < 1.29 is 4.79 Å². The molecule has 2 bridgehead atoms. The lowest BCUT2D eigenvalue weighted by Gasteiger charge is -2.32. The molecular weight excluding hydrogens is 412 g/mol. The van der Waals surface area contributed by atoms with Crippen molar-refractivity contribution in [3.05, 3.63) is 57.7 Å². The van der Waals surface area contributed by atoms with Crippen molar-refractivity contribution in [3.8, 4) is 0 Å². The lowest BCUT2D eigenvalue weighted by Crippen LogP contribution is -2.32. The van der Waals surface area contributed by atoms with Crippen LogP contribution in [0.2, 0.25) is 0 Å². The molecule has 2 unspecified atom stereocenters. The minimum Gasteiger partial charge on any atom is -0.299 e. The van der Waals surface area contributed by atoms with E-state index in [9.17, 15) is 9.59 Å². The summed E-state index contributed by atoms with van der Waals surface area (Å²) in [4.78, 5) is 24.4. The van der Waals surface area contributed by atoms with Gasteiger partial charge in [-0.25, -0.2) is 0 Å². The van der Waals surface area contributed by atoms with Crippen molar-refractivity contribution in [2.24, 2.45) is 16.7 Å². The zero-order chi connectivity index (χ0) is 23.4. The van der Waals surface area contributed by atoms with Gasteiger partial charge in [0.15, 0.2) is 5.43 Å². The molecule has 32 heavy (non-hydrogen) atoms. The fraction of sp³-hybridized carbons (Fsp3) is 0.517. The van der Waals surface area contributed by atoms with Gasteiger partial charge in [0, 0.05) is 32.0 Å². The Morgan fingerprint density at radius 2 is 1.62 bits per heavy atom. The van der Waals surface area contributed by atoms with E-state index in [2.05, 4.69) is 60.6 Å². The molecule has 2 aromatic carbocycles. The fourth-order valence-corrected chi connectivity index (χ4v) is 6.93. The molecule has 0 spiro atoms. The largest absolute Gasteiger partial charge is 0.299 e. The van der Waals surface area contributed by atoms with Crippen LogP contribution < -0.4 is 5.43 Å². The van der Waals surface area contributed by atoms with Gasteiger partial charge in [-0.3, -0.25) is 9.59 Å². The number of benzene rings is 2. The Labute approximate surface area is 196 Å². The molecule has 0 radical (unpaired) electrons. The summed E-state index contributed by atoms with van der Waals surface area (Å²) in [7, 11) is 0. The van der Waals surface area contributed by atoms with Crippen LogP contribution in [0.15, 0.2) is 41.2 Å². The van der Waals surface area contributed by atoms with E-state index in [1.54, 1.807) is 11.3 Å². The van der Waals surface area contributed by atoms with Crippen molar-refractivity contribution in [2.45, 2.75) is 79.6 Å². The quantitative estimate of drug-likeness (QED) is 0.371. The average Bonchev–Trinajstić information content (AvgIpc) is 3.07. The third-order valence-corrected chi connectivity index (χ3v) is 9.74. The van der Waals surface area contributed by atoms with Gasteiger partial charge in [-0.15, -0.1) is 11.3 Å². The van der Waals surface area contributed by atoms with Crippen molar-refractivity contribution in [1.29, 1.82) is 0 Å². The molecule has 2 aliphatic rings. The number of rotatable bonds is 2. The first-order chi connectivity index (χ1) is 15.0. The van der Waals surface area contributed by atoms with Gasteiger partial charge >= 0.3 is 0 Å². The summed E-state index contributed by atoms with van der Waals surface area (Å²) < 4.78 is 2.23. The van der Waals surface area contributed by atoms with Gasteiger partial charge in [-0.05, 0) is 65.3 Å². The molecule has 1 heterocycles. The van der Waals surface area contributed by atoms with E-state index in [-0.39, 0.29) is 16.3 Å². The minimum atomic E-state index is 0.0255. The molecule has 1 aromatic heterocycles. The Morgan fingerprint density at radius 1 is 0.938 bits per heavy atom. The third-order valence-electron chi connectivity index (χ3n) is 8.50. The zero-order valence-corrected chi connectivity index (χ0v) is 21.4. The highest BCUT2D eigenvalue weighted by Gasteiger charge is 2.61. The van der Waals surface area contributed by atoms with Crippen molar-refractivity contribution in [2.75, 3.05) is 0 Å². The van der Waals surface area contributed by atoms with Gasteiger partial charge in [0.1, 0.15) is 5.78 Å². The molecule has 3 aromatic rings. The normalized spacial score (nSPS) is 23.9. The van der Waals surface area contributed by atoms with Gasteiger partial charge in [0.2, 0.25) is 0 Å². The molecule has 0 aliphatic heterocycles. The van der Waals surface area contributed by atoms with E-state index in [1.165, 1.54) is 17.5 Å². The van der Waals surface area contributed by atoms with Crippen molar-refractivity contribution in [3.63, 3.8) is 0 Å². The molecule has 2 atom stereocenters. The molecule has 0 saturated heterocycles. The van der Waals surface area contributed by atoms with E-state index in [4.69, 9.17) is 0 Å². The molecule has 2 nitrogen and oxygen atoms in total. The van der Waals surface area contributed by atoms with Gasteiger partial charge in [-0.2, -0.15) is 0 Å². The Balaban J connectivity index is 0.000000186. The molecule has 3 heteroatoms. The summed E-state index contributed by atoms with van der Waals surface area (Å²) in [6.07, 6.45) is 3.25. The number of fused-ring (bicyclic) bond motifs is 4. The second-order valence-electron chi connectivity index (χ2n) is 11.1. The maximum absolute atomic E-state index is 12.8. The predicted octanol–water partition coefficient (Wildman–Crippen LogP) is 8.06. The third kappa shape index (κ3) is 3.53. The second-order valence-corrected chi connectivity index (χ2v) is 12.2. The topological polar surface area (TPSA) is 34.1 Å². The molecular formula is C29H36O2S. The first kappa shape index (κ1) is 23.2. The highest BCUT2D eigenvalue weighted by molar-refractivity contribution is 7.24. The van der Waals surface area contributed by atoms with Gasteiger partial charge in [0.05, 0.1) is 0 Å². The van der Waals surface area contributed by atoms with Crippen LogP contribution in [0.3, 0.4) is 0 Å². The molecule has 2 fully saturated rings. The smallest absolute Gasteiger partial charge is 0.195 e. The maximum Gasteiger partial charge on any atom is 0.195 e. The Kier molecular flexibility index (Phi) is 5.86. The van der Waals surface area contributed by atoms with Crippen molar-refractivity contribution in [1.82, 2.24) is 0 Å². The summed E-state index contributed by atoms with van der Waals surface area (Å²) in [6.45, 7) is 15.4. The van der Waals surface area contributed by atoms with E-state index in [0.29, 0.717) is 23.5 Å². The predicted molar refractivity (Wildman–Crippen MR) is 138 cm³/mol. The van der Waals surface area contributed by atoms with Crippen LogP contribution >= 0.6 is 11.3 Å². The van der Waals surface area contributed by atoms with E-state index in [1.807, 2.05) is 24.3 Å². The number of hydrogen-bond donors (Lipinski definition) is 0. The number of hydrogen-bond acceptors (Lipinski definition) is 3. The van der Waals surface area contributed by atoms with Gasteiger partial charge in [-0.1, -0.05) is 66.7 Å². The second kappa shape index (κ2) is 8.09. The average molecular weight is 449 g/mol. The molecule has 170 valence electrons. The minimum absolute atomic E-state index is 0.0255. The Hall–Kier alpha value is -2.00. The monoisotopic (exact) mass is 448 g/mol. The van der Waals surface area contributed by atoms with Crippen LogP contribution in [-0.2, 0) is 4.79 Å². The summed E-state index contributed by atoms with van der Waals surface area (Å²) in [5.74, 6) is 2.05. The highest BCUT2D eigenvalue weighted by Crippen LogP contribution is 2.63. The lowest BCUT2D eigenvalue weighted by molar-refractivity contribution is -0.128. The first-order valence-electron chi connectivity index (χ1n) is 12.0. The Morgan fingerprint density at radius 3 is 2.12 bits per heavy atom. The van der Waals surface area contributed by atoms with Crippen LogP contribution in [0.25, 0.3) is 20.2 Å². The van der Waals surface area contributed by atoms with Gasteiger partial charge < -0.3 is 0 Å². The van der Waals surface area contributed by atoms with Crippen LogP contribution in [0.1, 0.15) is 90.7 Å². The van der Waals surface area contributed by atoms with Crippen LogP contribution in [-0.4, -0.2) is 5.78 Å². The van der Waals surface area contributed by atoms with Crippen LogP contribution in [0, 0.1) is 16.7 Å². The highest BCUT2D eigenvalue weighted by atomic mass is 32.1. The number of carbonyl (C=O) groups excluding carboxylic acids is 1. The maximum atomic E-state index is 12.8. The number of Topliss-reactive ketones (excluding diaryl/α,β-unsaturated/α-hetero) is 1. The zero-order valence-electron chi connectivity index (χ0n) is 20.5. The van der Waals surface area contributed by atoms with Gasteiger partial charge in [0.25, 0.3) is 0 Å². The summed E-state index contributed by atoms with van der Waals surface area (Å²) in [5.41, 5.74) is 3.03. The summed E-state index contributed by atoms with van der Waals surface area (Å²) in [6, 6.07) is 12.3. The SMILES string of the molecule is CC(C)c1cc(C(C)C)c2sc3ccccc3c(=O)c2c1.CC12CCC(CC1=O)C2(C)C. The number of ketones is 1. The number of carbonyl (C=O) groups is 1. The molecule has 2 saturated carbocycles. The van der Waals surface area contributed by atoms with Crippen LogP contribution in [0.4, 0.5) is 0 Å². The van der Waals surface area contributed by atoms with E-state index >= 15 is 0 Å². The van der Waals surface area contributed by atoms with Crippen molar-refractivity contribution >= 4 is 37.3 Å². The van der Waals surface area contributed by atoms with Crippen LogP contribution in [0.5, 0.6) is 0 Å².